The number of amides is 2. The topological polar surface area (TPSA) is 84.6 Å². The Hall–Kier alpha value is -2.76. The van der Waals surface area contributed by atoms with Crippen LogP contribution in [-0.2, 0) is 4.79 Å². The molecule has 0 bridgehead atoms. The first-order valence-corrected chi connectivity index (χ1v) is 6.90. The molecule has 0 saturated heterocycles. The maximum Gasteiger partial charge on any atom is 0.299 e. The molecule has 22 heavy (non-hydrogen) atoms. The van der Waals surface area contributed by atoms with Crippen molar-refractivity contribution in [3.63, 3.8) is 0 Å². The van der Waals surface area contributed by atoms with Crippen LogP contribution in [0.3, 0.4) is 0 Å². The summed E-state index contributed by atoms with van der Waals surface area (Å²) >= 11 is 0. The molecule has 6 nitrogen and oxygen atoms in total. The van der Waals surface area contributed by atoms with Crippen LogP contribution in [0.5, 0.6) is 0 Å². The highest BCUT2D eigenvalue weighted by Crippen LogP contribution is 2.29. The minimum Gasteiger partial charge on any atom is -0.361 e. The van der Waals surface area contributed by atoms with E-state index in [4.69, 9.17) is 4.52 Å². The van der Waals surface area contributed by atoms with Crippen molar-refractivity contribution >= 4 is 17.5 Å². The Bertz CT molecular complexity index is 793. The van der Waals surface area contributed by atoms with Gasteiger partial charge in [-0.25, -0.2) is 4.99 Å². The van der Waals surface area contributed by atoms with Gasteiger partial charge in [0.1, 0.15) is 5.76 Å². The second kappa shape index (κ2) is 5.22. The number of aliphatic imine (C=N–C) groups is 1. The number of hydrogen-bond acceptors (Lipinski definition) is 4. The van der Waals surface area contributed by atoms with Crippen molar-refractivity contribution < 1.29 is 14.1 Å². The van der Waals surface area contributed by atoms with Gasteiger partial charge in [-0.3, -0.25) is 9.59 Å². The third-order valence-corrected chi connectivity index (χ3v) is 3.83. The summed E-state index contributed by atoms with van der Waals surface area (Å²) in [6.45, 7) is 5.44. The van der Waals surface area contributed by atoms with Crippen LogP contribution in [0.2, 0.25) is 0 Å². The second-order valence-electron chi connectivity index (χ2n) is 5.36. The average Bonchev–Trinajstić information content (AvgIpc) is 2.91. The van der Waals surface area contributed by atoms with Gasteiger partial charge in [0.05, 0.1) is 5.71 Å². The zero-order valence-corrected chi connectivity index (χ0v) is 12.5. The van der Waals surface area contributed by atoms with E-state index in [1.807, 2.05) is 13.0 Å². The smallest absolute Gasteiger partial charge is 0.299 e. The normalized spacial score (nSPS) is 22.5. The Morgan fingerprint density at radius 1 is 1.36 bits per heavy atom. The quantitative estimate of drug-likeness (QED) is 0.860. The summed E-state index contributed by atoms with van der Waals surface area (Å²) in [6, 6.07) is 1.54. The minimum absolute atomic E-state index is 0.0287. The summed E-state index contributed by atoms with van der Waals surface area (Å²) < 4.78 is 4.86. The number of rotatable bonds is 1. The van der Waals surface area contributed by atoms with Gasteiger partial charge in [-0.1, -0.05) is 16.8 Å². The fourth-order valence-electron chi connectivity index (χ4n) is 2.44. The first kappa shape index (κ1) is 14.2. The molecule has 0 aromatic carbocycles. The van der Waals surface area contributed by atoms with Crippen molar-refractivity contribution in [3.05, 3.63) is 52.6 Å². The molecule has 1 unspecified atom stereocenters. The van der Waals surface area contributed by atoms with E-state index in [9.17, 15) is 9.59 Å². The van der Waals surface area contributed by atoms with Gasteiger partial charge in [0.15, 0.2) is 5.69 Å². The molecular formula is C16H15N3O3. The lowest BCUT2D eigenvalue weighted by atomic mass is 9.85. The van der Waals surface area contributed by atoms with Crippen LogP contribution in [0.1, 0.15) is 30.1 Å². The number of fused-ring (bicyclic) bond motifs is 1. The Balaban J connectivity index is 1.89. The van der Waals surface area contributed by atoms with E-state index < -0.39 is 5.91 Å². The van der Waals surface area contributed by atoms with E-state index in [-0.39, 0.29) is 17.5 Å². The summed E-state index contributed by atoms with van der Waals surface area (Å²) in [5.41, 5.74) is 3.10. The highest BCUT2D eigenvalue weighted by atomic mass is 16.5. The van der Waals surface area contributed by atoms with Gasteiger partial charge < -0.3 is 9.84 Å². The molecule has 1 atom stereocenters. The number of carbonyl (C=O) groups excluding carboxylic acids is 2. The SMILES string of the molecule is CC1=C(C)C2C=CC(=NC(=O)c3cc(C)on3)C=C2NC1=O. The number of aromatic nitrogens is 1. The van der Waals surface area contributed by atoms with Gasteiger partial charge in [0.2, 0.25) is 0 Å². The van der Waals surface area contributed by atoms with Crippen LogP contribution in [0, 0.1) is 12.8 Å². The predicted octanol–water partition coefficient (Wildman–Crippen LogP) is 2.10. The number of hydrogen-bond donors (Lipinski definition) is 1. The highest BCUT2D eigenvalue weighted by Gasteiger charge is 2.27. The summed E-state index contributed by atoms with van der Waals surface area (Å²) in [7, 11) is 0. The molecule has 2 aliphatic rings. The number of allylic oxidation sites excluding steroid dienone is 3. The van der Waals surface area contributed by atoms with Crippen LogP contribution in [-0.4, -0.2) is 22.7 Å². The van der Waals surface area contributed by atoms with Gasteiger partial charge in [0.25, 0.3) is 11.8 Å². The van der Waals surface area contributed by atoms with Crippen molar-refractivity contribution in [2.45, 2.75) is 20.8 Å². The lowest BCUT2D eigenvalue weighted by molar-refractivity contribution is -0.117. The number of aryl methyl sites for hydroxylation is 1. The fraction of sp³-hybridized carbons (Fsp3) is 0.250. The average molecular weight is 297 g/mol. The molecule has 1 aromatic heterocycles. The van der Waals surface area contributed by atoms with Crippen molar-refractivity contribution in [2.75, 3.05) is 0 Å². The molecule has 2 heterocycles. The number of carbonyl (C=O) groups is 2. The van der Waals surface area contributed by atoms with Crippen LogP contribution in [0.25, 0.3) is 0 Å². The molecule has 1 aliphatic carbocycles. The summed E-state index contributed by atoms with van der Waals surface area (Å²) in [5, 5.41) is 6.48. The van der Waals surface area contributed by atoms with Crippen molar-refractivity contribution in [3.8, 4) is 0 Å². The second-order valence-corrected chi connectivity index (χ2v) is 5.36. The first-order valence-electron chi connectivity index (χ1n) is 6.90. The fourth-order valence-corrected chi connectivity index (χ4v) is 2.44. The van der Waals surface area contributed by atoms with Gasteiger partial charge in [-0.15, -0.1) is 0 Å². The van der Waals surface area contributed by atoms with E-state index in [0.717, 1.165) is 16.8 Å². The third-order valence-electron chi connectivity index (χ3n) is 3.83. The molecule has 1 aromatic rings. The van der Waals surface area contributed by atoms with Crippen molar-refractivity contribution in [1.29, 1.82) is 0 Å². The minimum atomic E-state index is -0.475. The maximum atomic E-state index is 12.0. The number of nitrogens with one attached hydrogen (secondary N) is 1. The van der Waals surface area contributed by atoms with E-state index in [2.05, 4.69) is 15.5 Å². The van der Waals surface area contributed by atoms with E-state index in [1.165, 1.54) is 6.07 Å². The molecule has 3 rings (SSSR count). The van der Waals surface area contributed by atoms with Crippen molar-refractivity contribution in [2.24, 2.45) is 10.9 Å². The zero-order valence-electron chi connectivity index (χ0n) is 12.5. The molecular weight excluding hydrogens is 282 g/mol. The van der Waals surface area contributed by atoms with Crippen LogP contribution < -0.4 is 5.32 Å². The summed E-state index contributed by atoms with van der Waals surface area (Å²) in [5.74, 6) is -0.0107. The lowest BCUT2D eigenvalue weighted by Gasteiger charge is -2.28. The van der Waals surface area contributed by atoms with Crippen LogP contribution in [0.4, 0.5) is 0 Å². The first-order chi connectivity index (χ1) is 10.5. The maximum absolute atomic E-state index is 12.0. The Morgan fingerprint density at radius 2 is 2.14 bits per heavy atom. The largest absolute Gasteiger partial charge is 0.361 e. The highest BCUT2D eigenvalue weighted by molar-refractivity contribution is 6.13. The molecule has 2 amide bonds. The Labute approximate surface area is 127 Å². The summed E-state index contributed by atoms with van der Waals surface area (Å²) in [6.07, 6.45) is 5.41. The predicted molar refractivity (Wildman–Crippen MR) is 80.2 cm³/mol. The molecule has 0 saturated carbocycles. The van der Waals surface area contributed by atoms with E-state index in [1.54, 1.807) is 26.0 Å². The third kappa shape index (κ3) is 2.43. The molecule has 112 valence electrons. The molecule has 0 spiro atoms. The summed E-state index contributed by atoms with van der Waals surface area (Å²) in [4.78, 5) is 27.9. The van der Waals surface area contributed by atoms with E-state index >= 15 is 0 Å². The monoisotopic (exact) mass is 297 g/mol. The molecule has 1 aliphatic heterocycles. The molecule has 6 heteroatoms. The van der Waals surface area contributed by atoms with Crippen LogP contribution >= 0.6 is 0 Å². The van der Waals surface area contributed by atoms with Gasteiger partial charge in [-0.05, 0) is 32.9 Å². The van der Waals surface area contributed by atoms with Gasteiger partial charge in [0, 0.05) is 23.3 Å². The molecule has 1 N–H and O–H groups in total. The molecule has 0 fully saturated rings. The van der Waals surface area contributed by atoms with Crippen LogP contribution in [0.15, 0.2) is 50.7 Å². The van der Waals surface area contributed by atoms with Crippen molar-refractivity contribution in [1.82, 2.24) is 10.5 Å². The lowest BCUT2D eigenvalue weighted by Crippen LogP contribution is -2.35. The zero-order chi connectivity index (χ0) is 15.9. The Kier molecular flexibility index (Phi) is 3.36. The standard InChI is InChI=1S/C16H15N3O3/c1-8-6-14(19-22-8)16(21)17-11-4-5-12-9(2)10(3)15(20)18-13(12)7-11/h4-7,12H,1-3H3,(H,18,20). The molecule has 0 radical (unpaired) electrons. The van der Waals surface area contributed by atoms with Gasteiger partial charge >= 0.3 is 0 Å². The number of nitrogens with zero attached hydrogens (tertiary/aromatic N) is 2. The van der Waals surface area contributed by atoms with E-state index in [0.29, 0.717) is 11.5 Å². The van der Waals surface area contributed by atoms with Gasteiger partial charge in [-0.2, -0.15) is 0 Å². The Morgan fingerprint density at radius 3 is 2.82 bits per heavy atom.